The molecule has 0 aliphatic heterocycles. The Kier molecular flexibility index (Phi) is 4.18. The summed E-state index contributed by atoms with van der Waals surface area (Å²) in [4.78, 5) is 15.7. The van der Waals surface area contributed by atoms with E-state index in [1.165, 1.54) is 0 Å². The molecular formula is C13H9Cl2NO2. The highest BCUT2D eigenvalue weighted by Gasteiger charge is 2.09. The normalized spacial score (nSPS) is 10.1. The maximum Gasteiger partial charge on any atom is 0.218 e. The molecule has 1 aromatic heterocycles. The van der Waals surface area contributed by atoms with E-state index in [9.17, 15) is 4.79 Å². The average molecular weight is 282 g/mol. The number of carbonyl (C=O) groups is 1. The van der Waals surface area contributed by atoms with Gasteiger partial charge in [0.25, 0.3) is 0 Å². The summed E-state index contributed by atoms with van der Waals surface area (Å²) in [6.45, 7) is -0.113. The van der Waals surface area contributed by atoms with Crippen LogP contribution in [0.1, 0.15) is 10.5 Å². The van der Waals surface area contributed by atoms with Crippen LogP contribution in [0.15, 0.2) is 42.6 Å². The fourth-order valence-electron chi connectivity index (χ4n) is 1.34. The monoisotopic (exact) mass is 281 g/mol. The first kappa shape index (κ1) is 12.9. The molecule has 0 fully saturated rings. The van der Waals surface area contributed by atoms with E-state index < -0.39 is 0 Å². The first-order valence-corrected chi connectivity index (χ1v) is 5.94. The van der Waals surface area contributed by atoms with Gasteiger partial charge in [0, 0.05) is 11.2 Å². The van der Waals surface area contributed by atoms with Crippen molar-refractivity contribution >= 4 is 29.0 Å². The number of ketones is 1. The minimum Gasteiger partial charge on any atom is -0.484 e. The molecule has 0 spiro atoms. The molecule has 0 radical (unpaired) electrons. The summed E-state index contributed by atoms with van der Waals surface area (Å²) in [5.41, 5.74) is 0.364. The van der Waals surface area contributed by atoms with Gasteiger partial charge in [-0.3, -0.25) is 9.78 Å². The quantitative estimate of drug-likeness (QED) is 0.803. The maximum atomic E-state index is 11.7. The Morgan fingerprint density at radius 2 is 2.06 bits per heavy atom. The van der Waals surface area contributed by atoms with Gasteiger partial charge >= 0.3 is 0 Å². The van der Waals surface area contributed by atoms with Crippen molar-refractivity contribution in [2.24, 2.45) is 0 Å². The van der Waals surface area contributed by atoms with E-state index in [-0.39, 0.29) is 12.4 Å². The molecule has 0 aliphatic carbocycles. The van der Waals surface area contributed by atoms with Crippen LogP contribution >= 0.6 is 23.2 Å². The molecule has 0 bridgehead atoms. The van der Waals surface area contributed by atoms with Crippen LogP contribution in [0.5, 0.6) is 5.75 Å². The maximum absolute atomic E-state index is 11.7. The Labute approximate surface area is 114 Å². The largest absolute Gasteiger partial charge is 0.484 e. The molecule has 0 N–H and O–H groups in total. The van der Waals surface area contributed by atoms with E-state index in [4.69, 9.17) is 27.9 Å². The number of hydrogen-bond acceptors (Lipinski definition) is 3. The number of Topliss-reactive ketones (excluding diaryl/α,β-unsaturated/α-hetero) is 1. The lowest BCUT2D eigenvalue weighted by Gasteiger charge is -2.07. The summed E-state index contributed by atoms with van der Waals surface area (Å²) in [6.07, 6.45) is 1.56. The number of rotatable bonds is 4. The van der Waals surface area contributed by atoms with E-state index in [2.05, 4.69) is 4.98 Å². The van der Waals surface area contributed by atoms with Gasteiger partial charge in [0.15, 0.2) is 6.61 Å². The number of benzene rings is 1. The topological polar surface area (TPSA) is 39.2 Å². The zero-order valence-electron chi connectivity index (χ0n) is 9.27. The zero-order chi connectivity index (χ0) is 13.0. The van der Waals surface area contributed by atoms with E-state index in [0.29, 0.717) is 21.5 Å². The van der Waals surface area contributed by atoms with Crippen molar-refractivity contribution in [1.29, 1.82) is 0 Å². The lowest BCUT2D eigenvalue weighted by atomic mass is 10.2. The number of nitrogens with zero attached hydrogens (tertiary/aromatic N) is 1. The molecule has 0 saturated carbocycles. The van der Waals surface area contributed by atoms with Gasteiger partial charge in [-0.15, -0.1) is 0 Å². The Balaban J connectivity index is 2.02. The van der Waals surface area contributed by atoms with Crippen LogP contribution in [-0.4, -0.2) is 17.4 Å². The number of ether oxygens (including phenoxy) is 1. The SMILES string of the molecule is O=C(COc1ccc(Cl)cc1Cl)c1ccccn1. The Morgan fingerprint density at radius 3 is 2.72 bits per heavy atom. The molecular weight excluding hydrogens is 273 g/mol. The molecule has 0 aliphatic rings. The van der Waals surface area contributed by atoms with Crippen molar-refractivity contribution in [1.82, 2.24) is 4.98 Å². The molecule has 1 aromatic carbocycles. The highest BCUT2D eigenvalue weighted by atomic mass is 35.5. The molecule has 2 aromatic rings. The van der Waals surface area contributed by atoms with Crippen LogP contribution in [0.25, 0.3) is 0 Å². The Morgan fingerprint density at radius 1 is 1.22 bits per heavy atom. The second-order valence-electron chi connectivity index (χ2n) is 3.50. The summed E-state index contributed by atoms with van der Waals surface area (Å²) in [7, 11) is 0. The van der Waals surface area contributed by atoms with Crippen LogP contribution in [0, 0.1) is 0 Å². The van der Waals surface area contributed by atoms with E-state index >= 15 is 0 Å². The summed E-state index contributed by atoms with van der Waals surface area (Å²) < 4.78 is 5.33. The van der Waals surface area contributed by atoms with Gasteiger partial charge in [0.2, 0.25) is 5.78 Å². The second-order valence-corrected chi connectivity index (χ2v) is 4.35. The van der Waals surface area contributed by atoms with Crippen molar-refractivity contribution in [3.05, 3.63) is 58.3 Å². The van der Waals surface area contributed by atoms with Gasteiger partial charge in [-0.05, 0) is 30.3 Å². The molecule has 18 heavy (non-hydrogen) atoms. The van der Waals surface area contributed by atoms with Gasteiger partial charge in [-0.1, -0.05) is 29.3 Å². The van der Waals surface area contributed by atoms with Gasteiger partial charge in [0.05, 0.1) is 5.02 Å². The average Bonchev–Trinajstić information content (AvgIpc) is 2.38. The third kappa shape index (κ3) is 3.22. The Hall–Kier alpha value is -1.58. The smallest absolute Gasteiger partial charge is 0.218 e. The second kappa shape index (κ2) is 5.85. The molecule has 3 nitrogen and oxygen atoms in total. The van der Waals surface area contributed by atoms with E-state index in [0.717, 1.165) is 0 Å². The van der Waals surface area contributed by atoms with Gasteiger partial charge in [0.1, 0.15) is 11.4 Å². The molecule has 5 heteroatoms. The van der Waals surface area contributed by atoms with E-state index in [1.807, 2.05) is 0 Å². The number of aromatic nitrogens is 1. The summed E-state index contributed by atoms with van der Waals surface area (Å²) in [5, 5.41) is 0.889. The number of hydrogen-bond donors (Lipinski definition) is 0. The van der Waals surface area contributed by atoms with Crippen molar-refractivity contribution in [2.45, 2.75) is 0 Å². The first-order chi connectivity index (χ1) is 8.66. The van der Waals surface area contributed by atoms with Crippen LogP contribution in [0.2, 0.25) is 10.0 Å². The summed E-state index contributed by atoms with van der Waals surface area (Å²) in [6, 6.07) is 9.95. The highest BCUT2D eigenvalue weighted by molar-refractivity contribution is 6.35. The fraction of sp³-hybridized carbons (Fsp3) is 0.0769. The minimum atomic E-state index is -0.207. The zero-order valence-corrected chi connectivity index (χ0v) is 10.8. The highest BCUT2D eigenvalue weighted by Crippen LogP contribution is 2.27. The van der Waals surface area contributed by atoms with Crippen molar-refractivity contribution in [3.63, 3.8) is 0 Å². The number of carbonyl (C=O) groups excluding carboxylic acids is 1. The molecule has 0 unspecified atom stereocenters. The third-order valence-electron chi connectivity index (χ3n) is 2.20. The standard InChI is InChI=1S/C13H9Cl2NO2/c14-9-4-5-13(10(15)7-9)18-8-12(17)11-3-1-2-6-16-11/h1-7H,8H2. The van der Waals surface area contributed by atoms with Crippen molar-refractivity contribution in [3.8, 4) is 5.75 Å². The molecule has 2 rings (SSSR count). The summed E-state index contributed by atoms with van der Waals surface area (Å²) >= 11 is 11.7. The van der Waals surface area contributed by atoms with Crippen LogP contribution in [0.3, 0.4) is 0 Å². The Bertz CT molecular complexity index is 558. The lowest BCUT2D eigenvalue weighted by molar-refractivity contribution is 0.0916. The van der Waals surface area contributed by atoms with Crippen LogP contribution < -0.4 is 4.74 Å². The van der Waals surface area contributed by atoms with Crippen LogP contribution in [0.4, 0.5) is 0 Å². The van der Waals surface area contributed by atoms with Crippen molar-refractivity contribution < 1.29 is 9.53 Å². The molecule has 0 amide bonds. The summed E-state index contributed by atoms with van der Waals surface area (Å²) in [5.74, 6) is 0.215. The molecule has 0 atom stereocenters. The van der Waals surface area contributed by atoms with Gasteiger partial charge in [-0.2, -0.15) is 0 Å². The fourth-order valence-corrected chi connectivity index (χ4v) is 1.80. The number of halogens is 2. The molecule has 0 saturated heterocycles. The molecule has 1 heterocycles. The minimum absolute atomic E-state index is 0.113. The first-order valence-electron chi connectivity index (χ1n) is 5.19. The van der Waals surface area contributed by atoms with E-state index in [1.54, 1.807) is 42.6 Å². The van der Waals surface area contributed by atoms with Gasteiger partial charge < -0.3 is 4.74 Å². The van der Waals surface area contributed by atoms with Crippen LogP contribution in [-0.2, 0) is 0 Å². The van der Waals surface area contributed by atoms with Crippen molar-refractivity contribution in [2.75, 3.05) is 6.61 Å². The third-order valence-corrected chi connectivity index (χ3v) is 2.73. The number of pyridine rings is 1. The lowest BCUT2D eigenvalue weighted by Crippen LogP contribution is -2.13. The predicted octanol–water partition coefficient (Wildman–Crippen LogP) is 3.65. The predicted molar refractivity (Wildman–Crippen MR) is 70.5 cm³/mol. The van der Waals surface area contributed by atoms with Gasteiger partial charge in [-0.25, -0.2) is 0 Å². The molecule has 92 valence electrons.